The Morgan fingerprint density at radius 2 is 2.17 bits per heavy atom. The fraction of sp³-hybridized carbons (Fsp3) is 0.417. The van der Waals surface area contributed by atoms with E-state index in [2.05, 4.69) is 15.9 Å². The Morgan fingerprint density at radius 3 is 2.67 bits per heavy atom. The standard InChI is InChI=1S/C12H13BrClF2NO/c1-8-6-9(2-3-10(8)13)12(18)17(5-4-14)7-11(15)16/h2-3,6,11H,4-5,7H2,1H3. The number of alkyl halides is 3. The second-order valence-corrected chi connectivity index (χ2v) is 5.03. The quantitative estimate of drug-likeness (QED) is 0.748. The molecule has 0 bridgehead atoms. The van der Waals surface area contributed by atoms with E-state index in [-0.39, 0.29) is 12.4 Å². The SMILES string of the molecule is Cc1cc(C(=O)N(CCCl)CC(F)F)ccc1Br. The normalized spacial score (nSPS) is 10.8. The zero-order valence-corrected chi connectivity index (χ0v) is 12.1. The number of hydrogen-bond donors (Lipinski definition) is 0. The highest BCUT2D eigenvalue weighted by atomic mass is 79.9. The molecule has 0 aliphatic heterocycles. The largest absolute Gasteiger partial charge is 0.332 e. The van der Waals surface area contributed by atoms with Crippen molar-refractivity contribution in [2.24, 2.45) is 0 Å². The molecule has 0 radical (unpaired) electrons. The van der Waals surface area contributed by atoms with Crippen molar-refractivity contribution in [1.29, 1.82) is 0 Å². The molecule has 1 aromatic rings. The summed E-state index contributed by atoms with van der Waals surface area (Å²) in [4.78, 5) is 13.1. The second kappa shape index (κ2) is 7.04. The number of hydrogen-bond acceptors (Lipinski definition) is 1. The first kappa shape index (κ1) is 15.4. The lowest BCUT2D eigenvalue weighted by Gasteiger charge is -2.21. The van der Waals surface area contributed by atoms with Crippen LogP contribution in [0.25, 0.3) is 0 Å². The molecule has 1 aromatic carbocycles. The van der Waals surface area contributed by atoms with E-state index >= 15 is 0 Å². The first-order chi connectivity index (χ1) is 8.45. The van der Waals surface area contributed by atoms with Crippen molar-refractivity contribution in [1.82, 2.24) is 4.90 Å². The van der Waals surface area contributed by atoms with Crippen LogP contribution in [0.2, 0.25) is 0 Å². The highest BCUT2D eigenvalue weighted by Crippen LogP contribution is 2.18. The zero-order chi connectivity index (χ0) is 13.7. The maximum absolute atomic E-state index is 12.4. The van der Waals surface area contributed by atoms with Crippen molar-refractivity contribution in [3.63, 3.8) is 0 Å². The van der Waals surface area contributed by atoms with Crippen LogP contribution in [-0.2, 0) is 0 Å². The Bertz CT molecular complexity index is 429. The second-order valence-electron chi connectivity index (χ2n) is 3.80. The summed E-state index contributed by atoms with van der Waals surface area (Å²) in [6.07, 6.45) is -2.56. The Kier molecular flexibility index (Phi) is 6.02. The van der Waals surface area contributed by atoms with Crippen LogP contribution in [0.4, 0.5) is 8.78 Å². The molecule has 1 amide bonds. The van der Waals surface area contributed by atoms with Crippen LogP contribution < -0.4 is 0 Å². The Morgan fingerprint density at radius 1 is 1.50 bits per heavy atom. The molecule has 0 spiro atoms. The minimum Gasteiger partial charge on any atom is -0.332 e. The molecule has 1 rings (SSSR count). The lowest BCUT2D eigenvalue weighted by molar-refractivity contribution is 0.0571. The average molecular weight is 341 g/mol. The number of rotatable bonds is 5. The third kappa shape index (κ3) is 4.21. The van der Waals surface area contributed by atoms with Gasteiger partial charge in [-0.15, -0.1) is 11.6 Å². The molecule has 2 nitrogen and oxygen atoms in total. The molecule has 6 heteroatoms. The van der Waals surface area contributed by atoms with Crippen molar-refractivity contribution < 1.29 is 13.6 Å². The predicted octanol–water partition coefficient (Wildman–Crippen LogP) is 3.70. The number of benzene rings is 1. The summed E-state index contributed by atoms with van der Waals surface area (Å²) in [6, 6.07) is 5.00. The van der Waals surface area contributed by atoms with Crippen LogP contribution in [0.5, 0.6) is 0 Å². The van der Waals surface area contributed by atoms with Gasteiger partial charge in [-0.25, -0.2) is 8.78 Å². The molecule has 0 N–H and O–H groups in total. The fourth-order valence-corrected chi connectivity index (χ4v) is 1.96. The highest BCUT2D eigenvalue weighted by molar-refractivity contribution is 9.10. The van der Waals surface area contributed by atoms with Crippen LogP contribution in [0.3, 0.4) is 0 Å². The van der Waals surface area contributed by atoms with E-state index in [0.717, 1.165) is 14.9 Å². The van der Waals surface area contributed by atoms with Gasteiger partial charge in [0.2, 0.25) is 0 Å². The summed E-state index contributed by atoms with van der Waals surface area (Å²) in [5.74, 6) is -0.292. The molecule has 0 aromatic heterocycles. The highest BCUT2D eigenvalue weighted by Gasteiger charge is 2.19. The summed E-state index contributed by atoms with van der Waals surface area (Å²) in [5.41, 5.74) is 1.27. The van der Waals surface area contributed by atoms with E-state index in [1.54, 1.807) is 18.2 Å². The van der Waals surface area contributed by atoms with Crippen LogP contribution in [0.1, 0.15) is 15.9 Å². The third-order valence-corrected chi connectivity index (χ3v) is 3.46. The van der Waals surface area contributed by atoms with Crippen LogP contribution >= 0.6 is 27.5 Å². The van der Waals surface area contributed by atoms with Crippen molar-refractivity contribution in [3.8, 4) is 0 Å². The van der Waals surface area contributed by atoms with Gasteiger partial charge < -0.3 is 4.90 Å². The number of carbonyl (C=O) groups is 1. The van der Waals surface area contributed by atoms with Crippen LogP contribution in [-0.4, -0.2) is 36.2 Å². The van der Waals surface area contributed by atoms with Crippen molar-refractivity contribution in [3.05, 3.63) is 33.8 Å². The topological polar surface area (TPSA) is 20.3 Å². The average Bonchev–Trinajstić information content (AvgIpc) is 2.31. The summed E-state index contributed by atoms with van der Waals surface area (Å²) in [7, 11) is 0. The van der Waals surface area contributed by atoms with Gasteiger partial charge in [-0.2, -0.15) is 0 Å². The summed E-state index contributed by atoms with van der Waals surface area (Å²) >= 11 is 8.84. The molecule has 18 heavy (non-hydrogen) atoms. The molecular weight excluding hydrogens is 327 g/mol. The Balaban J connectivity index is 2.90. The molecule has 0 atom stereocenters. The summed E-state index contributed by atoms with van der Waals surface area (Å²) in [6.45, 7) is 1.35. The van der Waals surface area contributed by atoms with E-state index in [1.165, 1.54) is 0 Å². The number of halogens is 4. The summed E-state index contributed by atoms with van der Waals surface area (Å²) < 4.78 is 25.6. The number of nitrogens with zero attached hydrogens (tertiary/aromatic N) is 1. The maximum atomic E-state index is 12.4. The minimum atomic E-state index is -2.56. The minimum absolute atomic E-state index is 0.111. The lowest BCUT2D eigenvalue weighted by Crippen LogP contribution is -2.36. The van der Waals surface area contributed by atoms with Gasteiger partial charge in [-0.3, -0.25) is 4.79 Å². The van der Waals surface area contributed by atoms with Gasteiger partial charge in [-0.05, 0) is 30.7 Å². The molecule has 0 unspecified atom stereocenters. The van der Waals surface area contributed by atoms with E-state index < -0.39 is 18.9 Å². The first-order valence-electron chi connectivity index (χ1n) is 5.35. The van der Waals surface area contributed by atoms with Crippen molar-refractivity contribution in [2.75, 3.05) is 19.0 Å². The monoisotopic (exact) mass is 339 g/mol. The van der Waals surface area contributed by atoms with Crippen molar-refractivity contribution >= 4 is 33.4 Å². The molecule has 0 aliphatic rings. The van der Waals surface area contributed by atoms with E-state index in [0.29, 0.717) is 5.56 Å². The zero-order valence-electron chi connectivity index (χ0n) is 9.80. The lowest BCUT2D eigenvalue weighted by atomic mass is 10.1. The molecule has 0 saturated carbocycles. The fourth-order valence-electron chi connectivity index (χ4n) is 1.50. The van der Waals surface area contributed by atoms with Gasteiger partial charge in [-0.1, -0.05) is 15.9 Å². The molecule has 0 fully saturated rings. The smallest absolute Gasteiger partial charge is 0.255 e. The van der Waals surface area contributed by atoms with Crippen LogP contribution in [0.15, 0.2) is 22.7 Å². The van der Waals surface area contributed by atoms with E-state index in [1.807, 2.05) is 6.92 Å². The first-order valence-corrected chi connectivity index (χ1v) is 6.68. The van der Waals surface area contributed by atoms with Gasteiger partial charge in [0, 0.05) is 22.5 Å². The number of amides is 1. The Hall–Kier alpha value is -0.680. The van der Waals surface area contributed by atoms with Gasteiger partial charge in [0.25, 0.3) is 12.3 Å². The molecule has 100 valence electrons. The maximum Gasteiger partial charge on any atom is 0.255 e. The van der Waals surface area contributed by atoms with E-state index in [9.17, 15) is 13.6 Å². The summed E-state index contributed by atoms with van der Waals surface area (Å²) in [5, 5.41) is 0. The van der Waals surface area contributed by atoms with Crippen molar-refractivity contribution in [2.45, 2.75) is 13.3 Å². The van der Waals surface area contributed by atoms with Gasteiger partial charge >= 0.3 is 0 Å². The van der Waals surface area contributed by atoms with Gasteiger partial charge in [0.1, 0.15) is 0 Å². The molecule has 0 saturated heterocycles. The number of carbonyl (C=O) groups excluding carboxylic acids is 1. The third-order valence-electron chi connectivity index (χ3n) is 2.40. The Labute approximate surface area is 118 Å². The van der Waals surface area contributed by atoms with Crippen LogP contribution in [0, 0.1) is 6.92 Å². The molecular formula is C12H13BrClF2NO. The molecule has 0 heterocycles. The van der Waals surface area contributed by atoms with E-state index in [4.69, 9.17) is 11.6 Å². The van der Waals surface area contributed by atoms with Gasteiger partial charge in [0.15, 0.2) is 0 Å². The van der Waals surface area contributed by atoms with Gasteiger partial charge in [0.05, 0.1) is 6.54 Å². The molecule has 0 aliphatic carbocycles. The predicted molar refractivity (Wildman–Crippen MR) is 71.5 cm³/mol. The number of aryl methyl sites for hydroxylation is 1.